The van der Waals surface area contributed by atoms with Crippen LogP contribution in [-0.2, 0) is 6.18 Å². The largest absolute Gasteiger partial charge is 0.416 e. The van der Waals surface area contributed by atoms with Crippen LogP contribution in [0.2, 0.25) is 0 Å². The van der Waals surface area contributed by atoms with Crippen LogP contribution in [0.4, 0.5) is 17.6 Å². The second kappa shape index (κ2) is 5.51. The maximum absolute atomic E-state index is 13.4. The number of nitrogens with zero attached hydrogens (tertiary/aromatic N) is 1. The Hall–Kier alpha value is -2.44. The highest BCUT2D eigenvalue weighted by Crippen LogP contribution is 2.32. The standard InChI is InChI=1S/C14H10F4N2O/c1-19-13(21)12-4-2-3-11(20-12)8-5-9(14(16,17)18)7-10(15)6-8/h2-7H,1H3,(H,19,21). The normalized spacial score (nSPS) is 11.3. The second-order valence-corrected chi connectivity index (χ2v) is 4.21. The van der Waals surface area contributed by atoms with E-state index in [4.69, 9.17) is 0 Å². The molecule has 0 aliphatic rings. The number of carbonyl (C=O) groups excluding carboxylic acids is 1. The number of benzene rings is 1. The molecule has 0 bridgehead atoms. The van der Waals surface area contributed by atoms with Crippen LogP contribution in [0.15, 0.2) is 36.4 Å². The van der Waals surface area contributed by atoms with Crippen LogP contribution in [0.5, 0.6) is 0 Å². The van der Waals surface area contributed by atoms with Crippen molar-refractivity contribution in [3.8, 4) is 11.3 Å². The number of hydrogen-bond acceptors (Lipinski definition) is 2. The third kappa shape index (κ3) is 3.36. The first kappa shape index (κ1) is 15.0. The van der Waals surface area contributed by atoms with E-state index in [1.165, 1.54) is 25.2 Å². The summed E-state index contributed by atoms with van der Waals surface area (Å²) < 4.78 is 51.4. The summed E-state index contributed by atoms with van der Waals surface area (Å²) in [4.78, 5) is 15.4. The van der Waals surface area contributed by atoms with Gasteiger partial charge in [-0.3, -0.25) is 4.79 Å². The summed E-state index contributed by atoms with van der Waals surface area (Å²) in [5.74, 6) is -1.50. The van der Waals surface area contributed by atoms with Crippen LogP contribution in [-0.4, -0.2) is 17.9 Å². The van der Waals surface area contributed by atoms with Crippen molar-refractivity contribution in [1.29, 1.82) is 0 Å². The maximum Gasteiger partial charge on any atom is 0.416 e. The molecule has 7 heteroatoms. The Labute approximate surface area is 117 Å². The number of pyridine rings is 1. The van der Waals surface area contributed by atoms with Crippen LogP contribution in [0.25, 0.3) is 11.3 Å². The Bertz CT molecular complexity index is 683. The first-order valence-electron chi connectivity index (χ1n) is 5.88. The van der Waals surface area contributed by atoms with Gasteiger partial charge in [0, 0.05) is 12.6 Å². The van der Waals surface area contributed by atoms with Gasteiger partial charge in [-0.25, -0.2) is 9.37 Å². The van der Waals surface area contributed by atoms with Crippen LogP contribution in [0.1, 0.15) is 16.1 Å². The molecule has 2 rings (SSSR count). The van der Waals surface area contributed by atoms with E-state index in [-0.39, 0.29) is 17.0 Å². The highest BCUT2D eigenvalue weighted by atomic mass is 19.4. The number of alkyl halides is 3. The molecule has 0 spiro atoms. The molecule has 21 heavy (non-hydrogen) atoms. The van der Waals surface area contributed by atoms with Gasteiger partial charge in [-0.1, -0.05) is 6.07 Å². The molecule has 0 fully saturated rings. The summed E-state index contributed by atoms with van der Waals surface area (Å²) in [5, 5.41) is 2.35. The summed E-state index contributed by atoms with van der Waals surface area (Å²) in [6.45, 7) is 0. The summed E-state index contributed by atoms with van der Waals surface area (Å²) >= 11 is 0. The molecule has 3 nitrogen and oxygen atoms in total. The van der Waals surface area contributed by atoms with Crippen molar-refractivity contribution in [2.24, 2.45) is 0 Å². The molecule has 0 saturated heterocycles. The predicted octanol–water partition coefficient (Wildman–Crippen LogP) is 3.27. The molecule has 1 heterocycles. The van der Waals surface area contributed by atoms with Gasteiger partial charge in [0.2, 0.25) is 0 Å². The predicted molar refractivity (Wildman–Crippen MR) is 68.0 cm³/mol. The quantitative estimate of drug-likeness (QED) is 0.865. The van der Waals surface area contributed by atoms with Gasteiger partial charge < -0.3 is 5.32 Å². The number of hydrogen-bond donors (Lipinski definition) is 1. The fourth-order valence-electron chi connectivity index (χ4n) is 1.75. The maximum atomic E-state index is 13.4. The molecule has 2 aromatic rings. The van der Waals surface area contributed by atoms with Crippen molar-refractivity contribution in [2.45, 2.75) is 6.18 Å². The summed E-state index contributed by atoms with van der Waals surface area (Å²) in [6, 6.07) is 6.41. The molecule has 1 aromatic carbocycles. The lowest BCUT2D eigenvalue weighted by atomic mass is 10.1. The topological polar surface area (TPSA) is 42.0 Å². The van der Waals surface area contributed by atoms with Gasteiger partial charge in [0.15, 0.2) is 0 Å². The molecule has 0 radical (unpaired) electrons. The Morgan fingerprint density at radius 1 is 1.19 bits per heavy atom. The molecular formula is C14H10F4N2O. The SMILES string of the molecule is CNC(=O)c1cccc(-c2cc(F)cc(C(F)(F)F)c2)n1. The van der Waals surface area contributed by atoms with Gasteiger partial charge >= 0.3 is 6.18 Å². The zero-order valence-corrected chi connectivity index (χ0v) is 10.8. The fourth-order valence-corrected chi connectivity index (χ4v) is 1.75. The number of nitrogens with one attached hydrogen (secondary N) is 1. The minimum Gasteiger partial charge on any atom is -0.354 e. The molecule has 1 amide bonds. The Balaban J connectivity index is 2.52. The van der Waals surface area contributed by atoms with Crippen LogP contribution >= 0.6 is 0 Å². The molecule has 0 aliphatic heterocycles. The van der Waals surface area contributed by atoms with E-state index in [2.05, 4.69) is 10.3 Å². The van der Waals surface area contributed by atoms with Crippen LogP contribution in [0.3, 0.4) is 0 Å². The van der Waals surface area contributed by atoms with Gasteiger partial charge in [0.1, 0.15) is 11.5 Å². The lowest BCUT2D eigenvalue weighted by molar-refractivity contribution is -0.137. The van der Waals surface area contributed by atoms with Crippen molar-refractivity contribution in [3.63, 3.8) is 0 Å². The van der Waals surface area contributed by atoms with E-state index in [9.17, 15) is 22.4 Å². The lowest BCUT2D eigenvalue weighted by Gasteiger charge is -2.10. The van der Waals surface area contributed by atoms with E-state index < -0.39 is 23.5 Å². The summed E-state index contributed by atoms with van der Waals surface area (Å²) in [6.07, 6.45) is -4.66. The van der Waals surface area contributed by atoms with E-state index in [1.807, 2.05) is 0 Å². The summed E-state index contributed by atoms with van der Waals surface area (Å²) in [5.41, 5.74) is -1.04. The molecule has 0 unspecified atom stereocenters. The van der Waals surface area contributed by atoms with E-state index in [1.54, 1.807) is 0 Å². The number of rotatable bonds is 2. The lowest BCUT2D eigenvalue weighted by Crippen LogP contribution is -2.19. The van der Waals surface area contributed by atoms with Gasteiger partial charge in [-0.2, -0.15) is 13.2 Å². The molecule has 1 aromatic heterocycles. The number of halogens is 4. The molecule has 110 valence electrons. The Morgan fingerprint density at radius 2 is 1.90 bits per heavy atom. The number of carbonyl (C=O) groups is 1. The third-order valence-electron chi connectivity index (χ3n) is 2.73. The van der Waals surface area contributed by atoms with Gasteiger partial charge in [-0.15, -0.1) is 0 Å². The summed E-state index contributed by atoms with van der Waals surface area (Å²) in [7, 11) is 1.40. The molecule has 1 N–H and O–H groups in total. The van der Waals surface area contributed by atoms with Gasteiger partial charge in [0.25, 0.3) is 5.91 Å². The Kier molecular flexibility index (Phi) is 3.93. The average molecular weight is 298 g/mol. The highest BCUT2D eigenvalue weighted by Gasteiger charge is 2.31. The second-order valence-electron chi connectivity index (χ2n) is 4.21. The monoisotopic (exact) mass is 298 g/mol. The molecule has 0 aliphatic carbocycles. The van der Waals surface area contributed by atoms with Crippen molar-refractivity contribution in [3.05, 3.63) is 53.5 Å². The van der Waals surface area contributed by atoms with E-state index >= 15 is 0 Å². The van der Waals surface area contributed by atoms with Crippen molar-refractivity contribution < 1.29 is 22.4 Å². The van der Waals surface area contributed by atoms with E-state index in [0.29, 0.717) is 6.07 Å². The molecule has 0 atom stereocenters. The van der Waals surface area contributed by atoms with Crippen molar-refractivity contribution in [2.75, 3.05) is 7.05 Å². The van der Waals surface area contributed by atoms with E-state index in [0.717, 1.165) is 12.1 Å². The molecule has 0 saturated carbocycles. The fraction of sp³-hybridized carbons (Fsp3) is 0.143. The first-order chi connectivity index (χ1) is 9.81. The average Bonchev–Trinajstić information content (AvgIpc) is 2.45. The van der Waals surface area contributed by atoms with Crippen LogP contribution < -0.4 is 5.32 Å². The minimum absolute atomic E-state index is 0.0350. The zero-order chi connectivity index (χ0) is 15.6. The Morgan fingerprint density at radius 3 is 2.52 bits per heavy atom. The van der Waals surface area contributed by atoms with Crippen LogP contribution in [0, 0.1) is 5.82 Å². The highest BCUT2D eigenvalue weighted by molar-refractivity contribution is 5.92. The minimum atomic E-state index is -4.66. The molecular weight excluding hydrogens is 288 g/mol. The smallest absolute Gasteiger partial charge is 0.354 e. The third-order valence-corrected chi connectivity index (χ3v) is 2.73. The first-order valence-corrected chi connectivity index (χ1v) is 5.88. The zero-order valence-electron chi connectivity index (χ0n) is 10.8. The van der Waals surface area contributed by atoms with Crippen molar-refractivity contribution >= 4 is 5.91 Å². The van der Waals surface area contributed by atoms with Crippen molar-refractivity contribution in [1.82, 2.24) is 10.3 Å². The number of amides is 1. The van der Waals surface area contributed by atoms with Gasteiger partial charge in [-0.05, 0) is 30.3 Å². The number of aromatic nitrogens is 1. The van der Waals surface area contributed by atoms with Gasteiger partial charge in [0.05, 0.1) is 11.3 Å².